The summed E-state index contributed by atoms with van der Waals surface area (Å²) in [6.45, 7) is 0.628. The molecule has 1 aromatic carbocycles. The molecule has 5 heteroatoms. The topological polar surface area (TPSA) is 66.2 Å². The molecule has 1 aliphatic heterocycles. The second kappa shape index (κ2) is 6.48. The number of aromatic amines is 1. The molecule has 1 aromatic heterocycles. The SMILES string of the molecule is O=C(Nc1ccc2cc[nH]c2c1)NC1CCC2(CCCCC2)OC1. The van der Waals surface area contributed by atoms with Crippen LogP contribution in [0.25, 0.3) is 10.9 Å². The van der Waals surface area contributed by atoms with Gasteiger partial charge in [-0.05, 0) is 49.3 Å². The molecule has 1 saturated carbocycles. The number of aromatic nitrogens is 1. The summed E-state index contributed by atoms with van der Waals surface area (Å²) in [7, 11) is 0. The van der Waals surface area contributed by atoms with Gasteiger partial charge in [0.15, 0.2) is 0 Å². The van der Waals surface area contributed by atoms with E-state index in [1.165, 1.54) is 32.1 Å². The third-order valence-corrected chi connectivity index (χ3v) is 5.45. The smallest absolute Gasteiger partial charge is 0.319 e. The number of H-pyrrole nitrogens is 1. The molecule has 5 nitrogen and oxygen atoms in total. The lowest BCUT2D eigenvalue weighted by atomic mass is 9.79. The fourth-order valence-corrected chi connectivity index (χ4v) is 4.05. The van der Waals surface area contributed by atoms with Crippen molar-refractivity contribution >= 4 is 22.6 Å². The average Bonchev–Trinajstić information content (AvgIpc) is 3.06. The van der Waals surface area contributed by atoms with Gasteiger partial charge in [-0.3, -0.25) is 0 Å². The zero-order valence-electron chi connectivity index (χ0n) is 13.9. The summed E-state index contributed by atoms with van der Waals surface area (Å²) in [6, 6.07) is 7.83. The van der Waals surface area contributed by atoms with Crippen molar-refractivity contribution in [2.75, 3.05) is 11.9 Å². The number of ether oxygens (including phenoxy) is 1. The molecule has 2 aromatic rings. The van der Waals surface area contributed by atoms with E-state index in [1.54, 1.807) is 0 Å². The van der Waals surface area contributed by atoms with E-state index in [-0.39, 0.29) is 17.7 Å². The standard InChI is InChI=1S/C19H25N3O2/c23-18(21-15-5-4-14-7-11-20-17(14)12-15)22-16-6-10-19(24-13-16)8-2-1-3-9-19/h4-5,7,11-12,16,20H,1-3,6,8-10,13H2,(H2,21,22,23). The Morgan fingerprint density at radius 3 is 2.83 bits per heavy atom. The molecule has 128 valence electrons. The number of benzene rings is 1. The summed E-state index contributed by atoms with van der Waals surface area (Å²) in [5, 5.41) is 7.10. The predicted molar refractivity (Wildman–Crippen MR) is 95.2 cm³/mol. The van der Waals surface area contributed by atoms with E-state index in [0.717, 1.165) is 29.4 Å². The zero-order valence-corrected chi connectivity index (χ0v) is 13.9. The number of carbonyl (C=O) groups is 1. The molecule has 4 rings (SSSR count). The van der Waals surface area contributed by atoms with Gasteiger partial charge in [-0.1, -0.05) is 25.3 Å². The van der Waals surface area contributed by atoms with Crippen LogP contribution in [0, 0.1) is 0 Å². The monoisotopic (exact) mass is 327 g/mol. The molecular formula is C19H25N3O2. The largest absolute Gasteiger partial charge is 0.373 e. The second-order valence-electron chi connectivity index (χ2n) is 7.17. The molecule has 3 N–H and O–H groups in total. The van der Waals surface area contributed by atoms with Gasteiger partial charge in [-0.2, -0.15) is 0 Å². The van der Waals surface area contributed by atoms with Gasteiger partial charge in [0.2, 0.25) is 0 Å². The molecule has 1 spiro atoms. The van der Waals surface area contributed by atoms with E-state index in [2.05, 4.69) is 15.6 Å². The first-order chi connectivity index (χ1) is 11.7. The maximum Gasteiger partial charge on any atom is 0.319 e. The highest BCUT2D eigenvalue weighted by Gasteiger charge is 2.37. The summed E-state index contributed by atoms with van der Waals surface area (Å²) in [5.41, 5.74) is 1.92. The van der Waals surface area contributed by atoms with Crippen LogP contribution in [0.2, 0.25) is 0 Å². The van der Waals surface area contributed by atoms with Crippen molar-refractivity contribution in [1.82, 2.24) is 10.3 Å². The quantitative estimate of drug-likeness (QED) is 0.775. The molecule has 1 aliphatic carbocycles. The lowest BCUT2D eigenvalue weighted by Crippen LogP contribution is -2.49. The molecule has 0 radical (unpaired) electrons. The third-order valence-electron chi connectivity index (χ3n) is 5.45. The fourth-order valence-electron chi connectivity index (χ4n) is 4.05. The first-order valence-corrected chi connectivity index (χ1v) is 9.01. The molecule has 24 heavy (non-hydrogen) atoms. The Labute approximate surface area is 142 Å². The first-order valence-electron chi connectivity index (χ1n) is 9.01. The molecular weight excluding hydrogens is 302 g/mol. The summed E-state index contributed by atoms with van der Waals surface area (Å²) < 4.78 is 6.17. The van der Waals surface area contributed by atoms with Crippen molar-refractivity contribution in [2.24, 2.45) is 0 Å². The van der Waals surface area contributed by atoms with Gasteiger partial charge < -0.3 is 20.4 Å². The van der Waals surface area contributed by atoms with Crippen molar-refractivity contribution in [2.45, 2.75) is 56.6 Å². The number of nitrogens with one attached hydrogen (secondary N) is 3. The van der Waals surface area contributed by atoms with Crippen molar-refractivity contribution in [1.29, 1.82) is 0 Å². The van der Waals surface area contributed by atoms with Crippen LogP contribution < -0.4 is 10.6 Å². The predicted octanol–water partition coefficient (Wildman–Crippen LogP) is 4.17. The Morgan fingerprint density at radius 2 is 2.04 bits per heavy atom. The summed E-state index contributed by atoms with van der Waals surface area (Å²) >= 11 is 0. The number of amides is 2. The summed E-state index contributed by atoms with van der Waals surface area (Å²) in [4.78, 5) is 15.4. The van der Waals surface area contributed by atoms with Gasteiger partial charge in [0.25, 0.3) is 0 Å². The molecule has 1 unspecified atom stereocenters. The second-order valence-corrected chi connectivity index (χ2v) is 7.17. The van der Waals surface area contributed by atoms with Gasteiger partial charge in [-0.15, -0.1) is 0 Å². The van der Waals surface area contributed by atoms with E-state index in [1.807, 2.05) is 30.5 Å². The van der Waals surface area contributed by atoms with Gasteiger partial charge >= 0.3 is 6.03 Å². The molecule has 2 heterocycles. The number of urea groups is 1. The van der Waals surface area contributed by atoms with E-state index >= 15 is 0 Å². The van der Waals surface area contributed by atoms with Gasteiger partial charge in [-0.25, -0.2) is 4.79 Å². The number of hydrogen-bond donors (Lipinski definition) is 3. The number of anilines is 1. The van der Waals surface area contributed by atoms with Crippen LogP contribution in [0.4, 0.5) is 10.5 Å². The molecule has 1 saturated heterocycles. The lowest BCUT2D eigenvalue weighted by molar-refractivity contribution is -0.108. The van der Waals surface area contributed by atoms with Crippen molar-refractivity contribution in [3.63, 3.8) is 0 Å². The maximum absolute atomic E-state index is 12.2. The molecule has 0 bridgehead atoms. The van der Waals surface area contributed by atoms with Crippen molar-refractivity contribution in [3.05, 3.63) is 30.5 Å². The van der Waals surface area contributed by atoms with Gasteiger partial charge in [0.05, 0.1) is 18.2 Å². The Bertz CT molecular complexity index is 708. The molecule has 2 amide bonds. The van der Waals surface area contributed by atoms with E-state index in [9.17, 15) is 4.79 Å². The first kappa shape index (κ1) is 15.5. The minimum atomic E-state index is -0.158. The van der Waals surface area contributed by atoms with Crippen LogP contribution in [-0.2, 0) is 4.74 Å². The van der Waals surface area contributed by atoms with Crippen LogP contribution in [0.3, 0.4) is 0 Å². The van der Waals surface area contributed by atoms with Crippen molar-refractivity contribution < 1.29 is 9.53 Å². The fraction of sp³-hybridized carbons (Fsp3) is 0.526. The van der Waals surface area contributed by atoms with E-state index in [0.29, 0.717) is 6.61 Å². The average molecular weight is 327 g/mol. The van der Waals surface area contributed by atoms with Gasteiger partial charge in [0.1, 0.15) is 0 Å². The van der Waals surface area contributed by atoms with E-state index in [4.69, 9.17) is 4.74 Å². The Morgan fingerprint density at radius 1 is 1.17 bits per heavy atom. The lowest BCUT2D eigenvalue weighted by Gasteiger charge is -2.43. The number of rotatable bonds is 2. The van der Waals surface area contributed by atoms with Crippen LogP contribution in [0.15, 0.2) is 30.5 Å². The number of hydrogen-bond acceptors (Lipinski definition) is 2. The third kappa shape index (κ3) is 3.26. The highest BCUT2D eigenvalue weighted by molar-refractivity contribution is 5.92. The normalized spacial score (nSPS) is 23.2. The minimum Gasteiger partial charge on any atom is -0.373 e. The maximum atomic E-state index is 12.2. The zero-order chi connectivity index (χ0) is 16.4. The minimum absolute atomic E-state index is 0.103. The van der Waals surface area contributed by atoms with Crippen LogP contribution in [-0.4, -0.2) is 29.3 Å². The van der Waals surface area contributed by atoms with Crippen LogP contribution >= 0.6 is 0 Å². The van der Waals surface area contributed by atoms with Gasteiger partial charge in [0, 0.05) is 17.4 Å². The number of fused-ring (bicyclic) bond motifs is 1. The Kier molecular flexibility index (Phi) is 4.19. The van der Waals surface area contributed by atoms with Crippen LogP contribution in [0.5, 0.6) is 0 Å². The molecule has 2 aliphatic rings. The Balaban J connectivity index is 1.30. The number of carbonyl (C=O) groups excluding carboxylic acids is 1. The Hall–Kier alpha value is -2.01. The highest BCUT2D eigenvalue weighted by Crippen LogP contribution is 2.38. The van der Waals surface area contributed by atoms with E-state index < -0.39 is 0 Å². The molecule has 1 atom stereocenters. The molecule has 2 fully saturated rings. The summed E-state index contributed by atoms with van der Waals surface area (Å²) in [6.07, 6.45) is 10.2. The van der Waals surface area contributed by atoms with Crippen molar-refractivity contribution in [3.8, 4) is 0 Å². The highest BCUT2D eigenvalue weighted by atomic mass is 16.5. The summed E-state index contributed by atoms with van der Waals surface area (Å²) in [5.74, 6) is 0. The van der Waals surface area contributed by atoms with Crippen LogP contribution in [0.1, 0.15) is 44.9 Å².